The molecule has 0 spiro atoms. The van der Waals surface area contributed by atoms with Crippen LogP contribution < -0.4 is 5.73 Å². The summed E-state index contributed by atoms with van der Waals surface area (Å²) < 4.78 is 0. The molecule has 0 aromatic heterocycles. The van der Waals surface area contributed by atoms with Gasteiger partial charge in [0.1, 0.15) is 0 Å². The molecule has 2 unspecified atom stereocenters. The number of carbonyl (C=O) groups is 1. The van der Waals surface area contributed by atoms with E-state index in [4.69, 9.17) is 5.73 Å². The number of nitrogens with zero attached hydrogens (tertiary/aromatic N) is 1. The second kappa shape index (κ2) is 5.83. The third-order valence-electron chi connectivity index (χ3n) is 4.34. The second-order valence-corrected chi connectivity index (χ2v) is 5.49. The van der Waals surface area contributed by atoms with Gasteiger partial charge in [-0.25, -0.2) is 0 Å². The Bertz CT molecular complexity index is 262. The summed E-state index contributed by atoms with van der Waals surface area (Å²) in [5.41, 5.74) is 5.34. The first-order valence-electron chi connectivity index (χ1n) is 6.90. The van der Waals surface area contributed by atoms with Crippen molar-refractivity contribution in [1.29, 1.82) is 0 Å². The molecule has 1 aliphatic heterocycles. The summed E-state index contributed by atoms with van der Waals surface area (Å²) >= 11 is 0. The number of aliphatic hydroxyl groups is 1. The highest BCUT2D eigenvalue weighted by Crippen LogP contribution is 2.26. The minimum absolute atomic E-state index is 0.0502. The average molecular weight is 240 g/mol. The summed E-state index contributed by atoms with van der Waals surface area (Å²) in [7, 11) is 0. The highest BCUT2D eigenvalue weighted by Gasteiger charge is 2.31. The lowest BCUT2D eigenvalue weighted by Gasteiger charge is -2.38. The summed E-state index contributed by atoms with van der Waals surface area (Å²) in [6.45, 7) is 1.82. The maximum absolute atomic E-state index is 11.1. The van der Waals surface area contributed by atoms with Crippen LogP contribution in [0.5, 0.6) is 0 Å². The highest BCUT2D eigenvalue weighted by molar-refractivity contribution is 5.76. The molecule has 2 aliphatic rings. The average Bonchev–Trinajstić information content (AvgIpc) is 2.54. The summed E-state index contributed by atoms with van der Waals surface area (Å²) in [5, 5.41) is 10.1. The topological polar surface area (TPSA) is 66.6 Å². The van der Waals surface area contributed by atoms with Gasteiger partial charge in [-0.3, -0.25) is 9.69 Å². The molecule has 17 heavy (non-hydrogen) atoms. The van der Waals surface area contributed by atoms with Crippen molar-refractivity contribution in [2.24, 2.45) is 11.7 Å². The number of primary amides is 1. The van der Waals surface area contributed by atoms with E-state index in [2.05, 4.69) is 4.90 Å². The molecule has 98 valence electrons. The lowest BCUT2D eigenvalue weighted by atomic mass is 9.93. The van der Waals surface area contributed by atoms with Crippen LogP contribution in [0.4, 0.5) is 0 Å². The number of carbonyl (C=O) groups excluding carboxylic acids is 1. The molecule has 4 nitrogen and oxygen atoms in total. The van der Waals surface area contributed by atoms with Gasteiger partial charge in [0.05, 0.1) is 6.10 Å². The van der Waals surface area contributed by atoms with E-state index < -0.39 is 0 Å². The van der Waals surface area contributed by atoms with Gasteiger partial charge in [0, 0.05) is 12.0 Å². The highest BCUT2D eigenvalue weighted by atomic mass is 16.3. The van der Waals surface area contributed by atoms with Crippen molar-refractivity contribution in [2.45, 2.75) is 57.1 Å². The second-order valence-electron chi connectivity index (χ2n) is 5.49. The lowest BCUT2D eigenvalue weighted by molar-refractivity contribution is -0.123. The van der Waals surface area contributed by atoms with Crippen molar-refractivity contribution in [3.05, 3.63) is 0 Å². The normalized spacial score (nSPS) is 33.2. The van der Waals surface area contributed by atoms with Crippen molar-refractivity contribution < 1.29 is 9.90 Å². The molecule has 2 atom stereocenters. The number of nitrogens with two attached hydrogens (primary N) is 1. The monoisotopic (exact) mass is 240 g/mol. The summed E-state index contributed by atoms with van der Waals surface area (Å²) in [4.78, 5) is 13.5. The van der Waals surface area contributed by atoms with E-state index in [0.717, 1.165) is 45.2 Å². The standard InChI is InChI=1S/C13H24N2O2/c14-13(17)10-6-8-15(9-7-10)11-4-2-1-3-5-12(11)16/h10-12,16H,1-9H2,(H2,14,17). The van der Waals surface area contributed by atoms with E-state index in [0.29, 0.717) is 6.04 Å². The quantitative estimate of drug-likeness (QED) is 0.704. The van der Waals surface area contributed by atoms with Gasteiger partial charge >= 0.3 is 0 Å². The number of hydrogen-bond donors (Lipinski definition) is 2. The number of piperidine rings is 1. The number of hydrogen-bond acceptors (Lipinski definition) is 3. The Balaban J connectivity index is 1.88. The maximum atomic E-state index is 11.1. The van der Waals surface area contributed by atoms with Crippen LogP contribution in [0.1, 0.15) is 44.9 Å². The molecule has 2 fully saturated rings. The van der Waals surface area contributed by atoms with Gasteiger partial charge in [-0.05, 0) is 38.8 Å². The predicted octanol–water partition coefficient (Wildman–Crippen LogP) is 0.877. The number of likely N-dealkylation sites (tertiary alicyclic amines) is 1. The SMILES string of the molecule is NC(=O)C1CCN(C2CCCCCC2O)CC1. The van der Waals surface area contributed by atoms with Gasteiger partial charge in [0.2, 0.25) is 5.91 Å². The van der Waals surface area contributed by atoms with Gasteiger partial charge in [0.25, 0.3) is 0 Å². The first-order chi connectivity index (χ1) is 8.18. The Hall–Kier alpha value is -0.610. The molecule has 0 aromatic rings. The van der Waals surface area contributed by atoms with Crippen LogP contribution in [-0.4, -0.2) is 41.1 Å². The van der Waals surface area contributed by atoms with Gasteiger partial charge in [-0.15, -0.1) is 0 Å². The third kappa shape index (κ3) is 3.19. The number of amides is 1. The van der Waals surface area contributed by atoms with Crippen LogP contribution in [-0.2, 0) is 4.79 Å². The molecular formula is C13H24N2O2. The zero-order valence-electron chi connectivity index (χ0n) is 10.5. The van der Waals surface area contributed by atoms with Gasteiger partial charge < -0.3 is 10.8 Å². The Morgan fingerprint density at radius 1 is 1.06 bits per heavy atom. The smallest absolute Gasteiger partial charge is 0.220 e. The fourth-order valence-corrected chi connectivity index (χ4v) is 3.21. The van der Waals surface area contributed by atoms with Gasteiger partial charge in [-0.2, -0.15) is 0 Å². The predicted molar refractivity (Wildman–Crippen MR) is 66.4 cm³/mol. The molecule has 1 saturated heterocycles. The molecule has 4 heteroatoms. The van der Waals surface area contributed by atoms with E-state index in [1.165, 1.54) is 12.8 Å². The van der Waals surface area contributed by atoms with Crippen LogP contribution in [0.15, 0.2) is 0 Å². The van der Waals surface area contributed by atoms with Crippen LogP contribution in [0.25, 0.3) is 0 Å². The van der Waals surface area contributed by atoms with Crippen LogP contribution in [0.2, 0.25) is 0 Å². The first-order valence-corrected chi connectivity index (χ1v) is 6.90. The van der Waals surface area contributed by atoms with Crippen molar-refractivity contribution in [2.75, 3.05) is 13.1 Å². The fraction of sp³-hybridized carbons (Fsp3) is 0.923. The molecular weight excluding hydrogens is 216 g/mol. The molecule has 1 saturated carbocycles. The number of aliphatic hydroxyl groups excluding tert-OH is 1. The Morgan fingerprint density at radius 2 is 1.71 bits per heavy atom. The van der Waals surface area contributed by atoms with E-state index in [1.807, 2.05) is 0 Å². The van der Waals surface area contributed by atoms with Crippen LogP contribution >= 0.6 is 0 Å². The molecule has 1 aliphatic carbocycles. The fourth-order valence-electron chi connectivity index (χ4n) is 3.21. The van der Waals surface area contributed by atoms with Crippen molar-refractivity contribution >= 4 is 5.91 Å². The van der Waals surface area contributed by atoms with E-state index in [9.17, 15) is 9.90 Å². The van der Waals surface area contributed by atoms with E-state index in [1.54, 1.807) is 0 Å². The molecule has 2 rings (SSSR count). The molecule has 3 N–H and O–H groups in total. The molecule has 0 bridgehead atoms. The lowest BCUT2D eigenvalue weighted by Crippen LogP contribution is -2.48. The zero-order valence-corrected chi connectivity index (χ0v) is 10.5. The molecule has 1 heterocycles. The Kier molecular flexibility index (Phi) is 4.40. The van der Waals surface area contributed by atoms with E-state index >= 15 is 0 Å². The Morgan fingerprint density at radius 3 is 2.35 bits per heavy atom. The zero-order chi connectivity index (χ0) is 12.3. The van der Waals surface area contributed by atoms with Crippen LogP contribution in [0.3, 0.4) is 0 Å². The minimum atomic E-state index is -0.178. The number of rotatable bonds is 2. The maximum Gasteiger partial charge on any atom is 0.220 e. The van der Waals surface area contributed by atoms with E-state index in [-0.39, 0.29) is 17.9 Å². The van der Waals surface area contributed by atoms with Crippen LogP contribution in [0, 0.1) is 5.92 Å². The van der Waals surface area contributed by atoms with Gasteiger partial charge in [-0.1, -0.05) is 19.3 Å². The largest absolute Gasteiger partial charge is 0.391 e. The third-order valence-corrected chi connectivity index (χ3v) is 4.34. The van der Waals surface area contributed by atoms with Crippen molar-refractivity contribution in [3.63, 3.8) is 0 Å². The minimum Gasteiger partial charge on any atom is -0.391 e. The van der Waals surface area contributed by atoms with Crippen molar-refractivity contribution in [1.82, 2.24) is 4.90 Å². The summed E-state index contributed by atoms with van der Waals surface area (Å²) in [6.07, 6.45) is 7.18. The molecule has 1 amide bonds. The summed E-state index contributed by atoms with van der Waals surface area (Å²) in [6, 6.07) is 0.311. The first kappa shape index (κ1) is 12.8. The van der Waals surface area contributed by atoms with Gasteiger partial charge in [0.15, 0.2) is 0 Å². The molecule has 0 aromatic carbocycles. The molecule has 0 radical (unpaired) electrons. The Labute approximate surface area is 103 Å². The summed E-state index contributed by atoms with van der Waals surface area (Å²) in [5.74, 6) is -0.111. The van der Waals surface area contributed by atoms with Crippen molar-refractivity contribution in [3.8, 4) is 0 Å².